The van der Waals surface area contributed by atoms with Gasteiger partial charge >= 0.3 is 0 Å². The van der Waals surface area contributed by atoms with E-state index in [9.17, 15) is 9.90 Å². The molecule has 1 aromatic carbocycles. The van der Waals surface area contributed by atoms with Gasteiger partial charge in [0.1, 0.15) is 0 Å². The summed E-state index contributed by atoms with van der Waals surface area (Å²) in [5, 5.41) is 9.88. The van der Waals surface area contributed by atoms with Crippen molar-refractivity contribution in [2.45, 2.75) is 31.4 Å². The van der Waals surface area contributed by atoms with Crippen LogP contribution < -0.4 is 4.90 Å². The van der Waals surface area contributed by atoms with E-state index in [1.807, 2.05) is 24.3 Å². The minimum atomic E-state index is -0.366. The number of piperidine rings is 1. The number of hydrogen-bond donors (Lipinski definition) is 1. The van der Waals surface area contributed by atoms with Crippen LogP contribution in [0.3, 0.4) is 0 Å². The van der Waals surface area contributed by atoms with E-state index in [-0.39, 0.29) is 18.1 Å². The van der Waals surface area contributed by atoms with Crippen LogP contribution in [0.2, 0.25) is 0 Å². The molecule has 0 bridgehead atoms. The molecule has 0 radical (unpaired) electrons. The molecule has 1 aromatic rings. The fraction of sp³-hybridized carbons (Fsp3) is 0.417. The van der Waals surface area contributed by atoms with Crippen molar-refractivity contribution in [2.24, 2.45) is 0 Å². The fourth-order valence-electron chi connectivity index (χ4n) is 2.63. The highest BCUT2D eigenvalue weighted by Gasteiger charge is 2.40. The van der Waals surface area contributed by atoms with Gasteiger partial charge in [-0.3, -0.25) is 4.79 Å². The van der Waals surface area contributed by atoms with Crippen LogP contribution in [0.4, 0.5) is 5.69 Å². The second-order valence-corrected chi connectivity index (χ2v) is 4.27. The van der Waals surface area contributed by atoms with Gasteiger partial charge in [-0.25, -0.2) is 0 Å². The molecule has 3 nitrogen and oxygen atoms in total. The van der Waals surface area contributed by atoms with Crippen molar-refractivity contribution in [3.05, 3.63) is 29.8 Å². The third kappa shape index (κ3) is 1.20. The summed E-state index contributed by atoms with van der Waals surface area (Å²) in [4.78, 5) is 13.6. The maximum Gasteiger partial charge on any atom is 0.227 e. The van der Waals surface area contributed by atoms with Crippen LogP contribution in [-0.4, -0.2) is 23.2 Å². The zero-order valence-corrected chi connectivity index (χ0v) is 8.39. The normalized spacial score (nSPS) is 28.9. The second kappa shape index (κ2) is 3.07. The molecular weight excluding hydrogens is 190 g/mol. The number of nitrogens with zero attached hydrogens (tertiary/aromatic N) is 1. The van der Waals surface area contributed by atoms with E-state index in [1.54, 1.807) is 4.90 Å². The second-order valence-electron chi connectivity index (χ2n) is 4.27. The smallest absolute Gasteiger partial charge is 0.227 e. The van der Waals surface area contributed by atoms with E-state index in [1.165, 1.54) is 5.56 Å². The van der Waals surface area contributed by atoms with Crippen LogP contribution in [0.1, 0.15) is 18.4 Å². The Labute approximate surface area is 88.3 Å². The lowest BCUT2D eigenvalue weighted by molar-refractivity contribution is -0.122. The average Bonchev–Trinajstić information content (AvgIpc) is 2.64. The van der Waals surface area contributed by atoms with Gasteiger partial charge in [-0.05, 0) is 24.5 Å². The largest absolute Gasteiger partial charge is 0.391 e. The van der Waals surface area contributed by atoms with Crippen LogP contribution in [-0.2, 0) is 11.2 Å². The number of aliphatic hydroxyl groups is 1. The molecule has 1 saturated heterocycles. The SMILES string of the molecule is O=C1CC[C@H](O)[C@H]2Cc3ccccc3N12. The third-order valence-corrected chi connectivity index (χ3v) is 3.38. The Bertz CT molecular complexity index is 416. The molecule has 78 valence electrons. The summed E-state index contributed by atoms with van der Waals surface area (Å²) in [5.41, 5.74) is 2.17. The van der Waals surface area contributed by atoms with Gasteiger partial charge in [0.05, 0.1) is 12.1 Å². The molecule has 1 amide bonds. The molecule has 3 heteroatoms. The molecule has 15 heavy (non-hydrogen) atoms. The van der Waals surface area contributed by atoms with E-state index in [0.717, 1.165) is 12.1 Å². The van der Waals surface area contributed by atoms with Crippen molar-refractivity contribution in [1.82, 2.24) is 0 Å². The lowest BCUT2D eigenvalue weighted by Gasteiger charge is -2.33. The van der Waals surface area contributed by atoms with Gasteiger partial charge in [-0.1, -0.05) is 18.2 Å². The maximum absolute atomic E-state index is 11.8. The van der Waals surface area contributed by atoms with Crippen molar-refractivity contribution < 1.29 is 9.90 Å². The van der Waals surface area contributed by atoms with E-state index in [2.05, 4.69) is 0 Å². The molecule has 2 aliphatic rings. The van der Waals surface area contributed by atoms with Gasteiger partial charge in [0, 0.05) is 12.1 Å². The van der Waals surface area contributed by atoms with Crippen molar-refractivity contribution in [3.63, 3.8) is 0 Å². The van der Waals surface area contributed by atoms with E-state index in [4.69, 9.17) is 0 Å². The minimum absolute atomic E-state index is 0.0244. The highest BCUT2D eigenvalue weighted by Crippen LogP contribution is 2.37. The van der Waals surface area contributed by atoms with Gasteiger partial charge in [0.15, 0.2) is 0 Å². The number of amides is 1. The standard InChI is InChI=1S/C12H13NO2/c14-11-5-6-12(15)13-9-4-2-1-3-8(9)7-10(11)13/h1-4,10-11,14H,5-7H2/t10-,11+/m1/s1. The van der Waals surface area contributed by atoms with Crippen LogP contribution in [0.25, 0.3) is 0 Å². The molecule has 0 aromatic heterocycles. The topological polar surface area (TPSA) is 40.5 Å². The third-order valence-electron chi connectivity index (χ3n) is 3.38. The Morgan fingerprint density at radius 2 is 2.13 bits per heavy atom. The summed E-state index contributed by atoms with van der Waals surface area (Å²) >= 11 is 0. The predicted molar refractivity (Wildman–Crippen MR) is 56.7 cm³/mol. The van der Waals surface area contributed by atoms with Gasteiger partial charge in [-0.15, -0.1) is 0 Å². The molecule has 1 fully saturated rings. The molecule has 2 heterocycles. The summed E-state index contributed by atoms with van der Waals surface area (Å²) in [5.74, 6) is 0.148. The average molecular weight is 203 g/mol. The van der Waals surface area contributed by atoms with Gasteiger partial charge in [0.25, 0.3) is 0 Å². The van der Waals surface area contributed by atoms with Crippen LogP contribution in [0.15, 0.2) is 24.3 Å². The molecule has 0 aliphatic carbocycles. The number of rotatable bonds is 0. The molecule has 1 N–H and O–H groups in total. The molecular formula is C12H13NO2. The summed E-state index contributed by atoms with van der Waals surface area (Å²) in [6.45, 7) is 0. The first-order valence-corrected chi connectivity index (χ1v) is 5.35. The monoisotopic (exact) mass is 203 g/mol. The molecule has 2 aliphatic heterocycles. The van der Waals surface area contributed by atoms with E-state index < -0.39 is 0 Å². The summed E-state index contributed by atoms with van der Waals surface area (Å²) in [6, 6.07) is 7.89. The Morgan fingerprint density at radius 1 is 1.33 bits per heavy atom. The Kier molecular flexibility index (Phi) is 1.83. The van der Waals surface area contributed by atoms with Crippen molar-refractivity contribution >= 4 is 11.6 Å². The molecule has 0 unspecified atom stereocenters. The van der Waals surface area contributed by atoms with Crippen molar-refractivity contribution in [1.29, 1.82) is 0 Å². The summed E-state index contributed by atoms with van der Waals surface area (Å²) in [7, 11) is 0. The lowest BCUT2D eigenvalue weighted by atomic mass is 9.98. The number of para-hydroxylation sites is 1. The highest BCUT2D eigenvalue weighted by molar-refractivity contribution is 5.97. The van der Waals surface area contributed by atoms with E-state index in [0.29, 0.717) is 12.8 Å². The zero-order chi connectivity index (χ0) is 10.4. The first kappa shape index (κ1) is 8.92. The predicted octanol–water partition coefficient (Wildman–Crippen LogP) is 1.10. The Hall–Kier alpha value is -1.35. The number of carbonyl (C=O) groups is 1. The number of aliphatic hydroxyl groups excluding tert-OH is 1. The number of carbonyl (C=O) groups excluding carboxylic acids is 1. The molecule has 0 spiro atoms. The van der Waals surface area contributed by atoms with Gasteiger partial charge < -0.3 is 10.0 Å². The van der Waals surface area contributed by atoms with Crippen molar-refractivity contribution in [2.75, 3.05) is 4.90 Å². The number of hydrogen-bond acceptors (Lipinski definition) is 2. The Balaban J connectivity index is 2.07. The minimum Gasteiger partial charge on any atom is -0.391 e. The van der Waals surface area contributed by atoms with Gasteiger partial charge in [-0.2, -0.15) is 0 Å². The lowest BCUT2D eigenvalue weighted by Crippen LogP contribution is -2.49. The van der Waals surface area contributed by atoms with Crippen molar-refractivity contribution in [3.8, 4) is 0 Å². The first-order valence-electron chi connectivity index (χ1n) is 5.35. The summed E-state index contributed by atoms with van der Waals surface area (Å²) < 4.78 is 0. The van der Waals surface area contributed by atoms with Crippen LogP contribution in [0, 0.1) is 0 Å². The van der Waals surface area contributed by atoms with Crippen LogP contribution >= 0.6 is 0 Å². The van der Waals surface area contributed by atoms with E-state index >= 15 is 0 Å². The number of anilines is 1. The molecule has 0 saturated carbocycles. The summed E-state index contributed by atoms with van der Waals surface area (Å²) in [6.07, 6.45) is 1.50. The quantitative estimate of drug-likeness (QED) is 0.686. The first-order chi connectivity index (χ1) is 7.27. The van der Waals surface area contributed by atoms with Gasteiger partial charge in [0.2, 0.25) is 5.91 Å². The fourth-order valence-corrected chi connectivity index (χ4v) is 2.63. The van der Waals surface area contributed by atoms with Crippen LogP contribution in [0.5, 0.6) is 0 Å². The Morgan fingerprint density at radius 3 is 3.00 bits per heavy atom. The molecule has 2 atom stereocenters. The zero-order valence-electron chi connectivity index (χ0n) is 8.39. The number of benzene rings is 1. The maximum atomic E-state index is 11.8. The molecule has 3 rings (SSSR count). The highest BCUT2D eigenvalue weighted by atomic mass is 16.3. The number of fused-ring (bicyclic) bond motifs is 3.